The van der Waals surface area contributed by atoms with Crippen molar-refractivity contribution in [3.63, 3.8) is 0 Å². The Morgan fingerprint density at radius 3 is 2.39 bits per heavy atom. The van der Waals surface area contributed by atoms with Crippen molar-refractivity contribution in [2.75, 3.05) is 40.2 Å². The lowest BCUT2D eigenvalue weighted by Crippen LogP contribution is -2.45. The second kappa shape index (κ2) is 10.2. The maximum Gasteiger partial charge on any atom is 0.339 e. The van der Waals surface area contributed by atoms with E-state index in [-0.39, 0.29) is 22.9 Å². The summed E-state index contributed by atoms with van der Waals surface area (Å²) in [4.78, 5) is 42.1. The highest BCUT2D eigenvalue weighted by molar-refractivity contribution is 8.00. The lowest BCUT2D eigenvalue weighted by atomic mass is 10.2. The Balaban J connectivity index is 1.65. The van der Waals surface area contributed by atoms with Crippen LogP contribution in [0.15, 0.2) is 41.4 Å². The highest BCUT2D eigenvalue weighted by atomic mass is 32.2. The molecule has 1 fully saturated rings. The number of pyridine rings is 1. The Hall–Kier alpha value is -3.27. The normalized spacial score (nSPS) is 13.1. The van der Waals surface area contributed by atoms with Crippen LogP contribution in [-0.4, -0.2) is 73.0 Å². The molecular weight excluding hydrogens is 422 g/mol. The first-order valence-corrected chi connectivity index (χ1v) is 10.5. The van der Waals surface area contributed by atoms with Gasteiger partial charge in [-0.25, -0.2) is 9.80 Å². The van der Waals surface area contributed by atoms with Gasteiger partial charge in [0.05, 0.1) is 32.6 Å². The van der Waals surface area contributed by atoms with Crippen LogP contribution in [0.2, 0.25) is 0 Å². The van der Waals surface area contributed by atoms with E-state index in [1.165, 1.54) is 47.2 Å². The molecular formula is C21H23N3O6S. The predicted octanol–water partition coefficient (Wildman–Crippen LogP) is 2.27. The van der Waals surface area contributed by atoms with Gasteiger partial charge in [-0.15, -0.1) is 11.8 Å². The summed E-state index contributed by atoms with van der Waals surface area (Å²) in [5.74, 6) is 0.250. The third kappa shape index (κ3) is 5.08. The van der Waals surface area contributed by atoms with Crippen molar-refractivity contribution in [1.29, 1.82) is 0 Å². The predicted molar refractivity (Wildman–Crippen MR) is 113 cm³/mol. The first-order chi connectivity index (χ1) is 15.0. The molecule has 0 radical (unpaired) electrons. The van der Waals surface area contributed by atoms with Crippen molar-refractivity contribution in [3.8, 4) is 11.5 Å². The number of benzene rings is 1. The van der Waals surface area contributed by atoms with Gasteiger partial charge in [0.15, 0.2) is 11.5 Å². The van der Waals surface area contributed by atoms with Crippen LogP contribution in [-0.2, 0) is 9.53 Å². The molecule has 0 saturated carbocycles. The number of hydrogen-bond donors (Lipinski definition) is 0. The number of hydrazine groups is 1. The zero-order valence-electron chi connectivity index (χ0n) is 17.5. The fourth-order valence-corrected chi connectivity index (χ4v) is 3.89. The van der Waals surface area contributed by atoms with Crippen LogP contribution in [0.3, 0.4) is 0 Å². The average Bonchev–Trinajstić information content (AvgIpc) is 3.31. The van der Waals surface area contributed by atoms with E-state index in [4.69, 9.17) is 9.47 Å². The maximum atomic E-state index is 12.9. The minimum Gasteiger partial charge on any atom is -0.493 e. The zero-order valence-corrected chi connectivity index (χ0v) is 18.3. The van der Waals surface area contributed by atoms with Crippen LogP contribution in [0, 0.1) is 0 Å². The number of carbonyl (C=O) groups excluding carboxylic acids is 3. The van der Waals surface area contributed by atoms with Gasteiger partial charge in [0.25, 0.3) is 11.8 Å². The first-order valence-electron chi connectivity index (χ1n) is 9.49. The summed E-state index contributed by atoms with van der Waals surface area (Å²) >= 11 is 1.35. The average molecular weight is 445 g/mol. The van der Waals surface area contributed by atoms with Gasteiger partial charge < -0.3 is 14.2 Å². The van der Waals surface area contributed by atoms with Gasteiger partial charge in [0, 0.05) is 24.2 Å². The summed E-state index contributed by atoms with van der Waals surface area (Å²) in [6.45, 7) is 0.878. The number of esters is 1. The molecule has 1 aliphatic rings. The standard InChI is InChI=1S/C21H23N3O6S/c1-28-17-8-6-15(11-18(17)29-2)31-13-19(25)23-9-4-10-24(23)20(26)16-7-5-14(12-22-16)21(27)30-3/h5-8,11-12H,4,9-10,13H2,1-3H3. The molecule has 1 saturated heterocycles. The molecule has 1 aromatic carbocycles. The molecule has 10 heteroatoms. The monoisotopic (exact) mass is 445 g/mol. The molecule has 1 aromatic heterocycles. The quantitative estimate of drug-likeness (QED) is 0.473. The van der Waals surface area contributed by atoms with Crippen LogP contribution in [0.1, 0.15) is 27.3 Å². The van der Waals surface area contributed by atoms with Gasteiger partial charge in [0.1, 0.15) is 5.69 Å². The molecule has 2 heterocycles. The van der Waals surface area contributed by atoms with Crippen molar-refractivity contribution in [2.24, 2.45) is 0 Å². The zero-order chi connectivity index (χ0) is 22.4. The number of aromatic nitrogens is 1. The highest BCUT2D eigenvalue weighted by Gasteiger charge is 2.32. The Morgan fingerprint density at radius 2 is 1.74 bits per heavy atom. The smallest absolute Gasteiger partial charge is 0.339 e. The van der Waals surface area contributed by atoms with E-state index in [2.05, 4.69) is 9.72 Å². The third-order valence-corrected chi connectivity index (χ3v) is 5.65. The number of hydrogen-bond acceptors (Lipinski definition) is 8. The van der Waals surface area contributed by atoms with Gasteiger partial charge in [-0.05, 0) is 36.8 Å². The minimum atomic E-state index is -0.531. The summed E-state index contributed by atoms with van der Waals surface area (Å²) in [6, 6.07) is 8.35. The number of amides is 2. The molecule has 0 atom stereocenters. The Bertz CT molecular complexity index is 966. The van der Waals surface area contributed by atoms with Crippen molar-refractivity contribution in [2.45, 2.75) is 11.3 Å². The summed E-state index contributed by atoms with van der Waals surface area (Å²) in [7, 11) is 4.39. The molecule has 164 valence electrons. The molecule has 31 heavy (non-hydrogen) atoms. The summed E-state index contributed by atoms with van der Waals surface area (Å²) < 4.78 is 15.1. The first kappa shape index (κ1) is 22.4. The second-order valence-corrected chi connectivity index (χ2v) is 7.58. The molecule has 0 N–H and O–H groups in total. The van der Waals surface area contributed by atoms with E-state index >= 15 is 0 Å². The molecule has 2 aromatic rings. The van der Waals surface area contributed by atoms with Crippen molar-refractivity contribution in [3.05, 3.63) is 47.8 Å². The van der Waals surface area contributed by atoms with Crippen LogP contribution >= 0.6 is 11.8 Å². The van der Waals surface area contributed by atoms with Crippen molar-refractivity contribution in [1.82, 2.24) is 15.0 Å². The fraction of sp³-hybridized carbons (Fsp3) is 0.333. The Labute approximate surface area is 184 Å². The van der Waals surface area contributed by atoms with E-state index in [1.54, 1.807) is 26.4 Å². The molecule has 1 aliphatic heterocycles. The van der Waals surface area contributed by atoms with Gasteiger partial charge in [-0.2, -0.15) is 0 Å². The Morgan fingerprint density at radius 1 is 1.00 bits per heavy atom. The van der Waals surface area contributed by atoms with Crippen LogP contribution in [0.4, 0.5) is 0 Å². The number of rotatable bonds is 7. The van der Waals surface area contributed by atoms with Crippen molar-refractivity contribution < 1.29 is 28.6 Å². The molecule has 0 spiro atoms. The topological polar surface area (TPSA) is 98.3 Å². The van der Waals surface area contributed by atoms with Crippen LogP contribution in [0.25, 0.3) is 0 Å². The molecule has 9 nitrogen and oxygen atoms in total. The maximum absolute atomic E-state index is 12.9. The van der Waals surface area contributed by atoms with E-state index < -0.39 is 11.9 Å². The highest BCUT2D eigenvalue weighted by Crippen LogP contribution is 2.32. The van der Waals surface area contributed by atoms with E-state index in [9.17, 15) is 14.4 Å². The molecule has 3 rings (SSSR count). The van der Waals surface area contributed by atoms with Crippen molar-refractivity contribution >= 4 is 29.5 Å². The SMILES string of the molecule is COC(=O)c1ccc(C(=O)N2CCCN2C(=O)CSc2ccc(OC)c(OC)c2)nc1. The van der Waals surface area contributed by atoms with Gasteiger partial charge in [-0.1, -0.05) is 0 Å². The minimum absolute atomic E-state index is 0.153. The van der Waals surface area contributed by atoms with Crippen LogP contribution < -0.4 is 9.47 Å². The molecule has 2 amide bonds. The van der Waals surface area contributed by atoms with E-state index in [0.717, 1.165) is 4.90 Å². The van der Waals surface area contributed by atoms with E-state index in [1.807, 2.05) is 6.07 Å². The van der Waals surface area contributed by atoms with Crippen LogP contribution in [0.5, 0.6) is 11.5 Å². The second-order valence-electron chi connectivity index (χ2n) is 6.53. The molecule has 0 aliphatic carbocycles. The van der Waals surface area contributed by atoms with Gasteiger partial charge in [0.2, 0.25) is 0 Å². The summed E-state index contributed by atoms with van der Waals surface area (Å²) in [5, 5.41) is 2.85. The number of carbonyl (C=O) groups is 3. The van der Waals surface area contributed by atoms with Gasteiger partial charge >= 0.3 is 5.97 Å². The molecule has 0 bridgehead atoms. The largest absolute Gasteiger partial charge is 0.493 e. The Kier molecular flexibility index (Phi) is 7.35. The lowest BCUT2D eigenvalue weighted by Gasteiger charge is -2.27. The number of ether oxygens (including phenoxy) is 3. The number of thioether (sulfide) groups is 1. The number of methoxy groups -OCH3 is 3. The fourth-order valence-electron chi connectivity index (χ4n) is 3.10. The molecule has 0 unspecified atom stereocenters. The summed E-state index contributed by atoms with van der Waals surface area (Å²) in [5.41, 5.74) is 0.402. The third-order valence-electron chi connectivity index (χ3n) is 4.67. The lowest BCUT2D eigenvalue weighted by molar-refractivity contribution is -0.137. The van der Waals surface area contributed by atoms with E-state index in [0.29, 0.717) is 31.0 Å². The van der Waals surface area contributed by atoms with Gasteiger partial charge in [-0.3, -0.25) is 19.6 Å². The number of nitrogens with zero attached hydrogens (tertiary/aromatic N) is 3. The summed E-state index contributed by atoms with van der Waals surface area (Å²) in [6.07, 6.45) is 1.97.